The lowest BCUT2D eigenvalue weighted by molar-refractivity contribution is -0.384. The smallest absolute Gasteiger partial charge is 0.271 e. The molecular formula is C13H13ClN4O3S. The average molecular weight is 341 g/mol. The number of benzene rings is 1. The molecule has 2 aromatic rings. The Hall–Kier alpha value is -2.06. The summed E-state index contributed by atoms with van der Waals surface area (Å²) in [5.41, 5.74) is 0.0918. The molecule has 1 N–H and O–H groups in total. The zero-order chi connectivity index (χ0) is 16.1. The van der Waals surface area contributed by atoms with Crippen LogP contribution in [0.2, 0.25) is 5.02 Å². The topological polar surface area (TPSA) is 90.1 Å². The predicted octanol–water partition coefficient (Wildman–Crippen LogP) is 3.20. The molecule has 0 spiro atoms. The first-order valence-electron chi connectivity index (χ1n) is 6.39. The first kappa shape index (κ1) is 16.3. The highest BCUT2D eigenvalue weighted by molar-refractivity contribution is 7.99. The second-order valence-corrected chi connectivity index (χ2v) is 5.60. The van der Waals surface area contributed by atoms with Crippen molar-refractivity contribution >= 4 is 40.6 Å². The number of hydrogen-bond acceptors (Lipinski definition) is 5. The van der Waals surface area contributed by atoms with E-state index in [0.717, 1.165) is 11.7 Å². The maximum absolute atomic E-state index is 11.9. The largest absolute Gasteiger partial charge is 0.326 e. The minimum Gasteiger partial charge on any atom is -0.326 e. The molecule has 1 amide bonds. The Morgan fingerprint density at radius 1 is 1.55 bits per heavy atom. The molecule has 0 aliphatic heterocycles. The van der Waals surface area contributed by atoms with Gasteiger partial charge in [-0.1, -0.05) is 23.4 Å². The molecule has 116 valence electrons. The highest BCUT2D eigenvalue weighted by atomic mass is 35.5. The molecule has 0 fully saturated rings. The number of non-ortho nitro benzene ring substituents is 1. The van der Waals surface area contributed by atoms with Gasteiger partial charge in [0.05, 0.1) is 21.4 Å². The number of anilines is 1. The Morgan fingerprint density at radius 2 is 2.32 bits per heavy atom. The summed E-state index contributed by atoms with van der Waals surface area (Å²) in [6.07, 6.45) is 3.50. The summed E-state index contributed by atoms with van der Waals surface area (Å²) < 4.78 is 1.91. The van der Waals surface area contributed by atoms with Gasteiger partial charge >= 0.3 is 0 Å². The molecule has 0 saturated carbocycles. The third kappa shape index (κ3) is 3.99. The Bertz CT molecular complexity index is 704. The molecule has 9 heteroatoms. The van der Waals surface area contributed by atoms with Gasteiger partial charge in [-0.15, -0.1) is 0 Å². The quantitative estimate of drug-likeness (QED) is 0.495. The van der Waals surface area contributed by atoms with E-state index in [4.69, 9.17) is 11.6 Å². The van der Waals surface area contributed by atoms with Crippen LogP contribution < -0.4 is 5.32 Å². The monoisotopic (exact) mass is 340 g/mol. The van der Waals surface area contributed by atoms with Crippen LogP contribution in [0, 0.1) is 10.1 Å². The number of rotatable bonds is 6. The van der Waals surface area contributed by atoms with Crippen molar-refractivity contribution in [2.45, 2.75) is 18.6 Å². The van der Waals surface area contributed by atoms with Crippen LogP contribution in [0.1, 0.15) is 6.92 Å². The van der Waals surface area contributed by atoms with E-state index in [1.54, 1.807) is 6.20 Å². The zero-order valence-electron chi connectivity index (χ0n) is 11.7. The second-order valence-electron chi connectivity index (χ2n) is 4.25. The van der Waals surface area contributed by atoms with Crippen LogP contribution >= 0.6 is 23.4 Å². The van der Waals surface area contributed by atoms with E-state index in [0.29, 0.717) is 0 Å². The summed E-state index contributed by atoms with van der Waals surface area (Å²) in [4.78, 5) is 26.3. The molecule has 2 rings (SSSR count). The first-order valence-corrected chi connectivity index (χ1v) is 7.75. The van der Waals surface area contributed by atoms with Crippen LogP contribution in [-0.4, -0.2) is 26.1 Å². The van der Waals surface area contributed by atoms with Crippen molar-refractivity contribution in [1.29, 1.82) is 0 Å². The fourth-order valence-corrected chi connectivity index (χ4v) is 2.70. The number of amides is 1. The number of halogens is 1. The van der Waals surface area contributed by atoms with E-state index in [2.05, 4.69) is 10.3 Å². The summed E-state index contributed by atoms with van der Waals surface area (Å²) in [7, 11) is 0. The molecule has 1 heterocycles. The van der Waals surface area contributed by atoms with Crippen LogP contribution in [-0.2, 0) is 11.3 Å². The molecule has 0 atom stereocenters. The highest BCUT2D eigenvalue weighted by Gasteiger charge is 2.13. The molecular weight excluding hydrogens is 328 g/mol. The van der Waals surface area contributed by atoms with Crippen molar-refractivity contribution in [3.05, 3.63) is 45.7 Å². The average Bonchev–Trinajstić information content (AvgIpc) is 2.94. The van der Waals surface area contributed by atoms with Gasteiger partial charge < -0.3 is 9.88 Å². The van der Waals surface area contributed by atoms with Gasteiger partial charge in [-0.2, -0.15) is 0 Å². The molecule has 0 aliphatic rings. The number of thioether (sulfide) groups is 1. The molecule has 0 radical (unpaired) electrons. The number of aromatic nitrogens is 2. The van der Waals surface area contributed by atoms with E-state index in [1.165, 1.54) is 30.0 Å². The van der Waals surface area contributed by atoms with Gasteiger partial charge in [0.15, 0.2) is 5.16 Å². The van der Waals surface area contributed by atoms with E-state index < -0.39 is 4.92 Å². The number of imidazole rings is 1. The summed E-state index contributed by atoms with van der Waals surface area (Å²) in [5.74, 6) is -0.172. The molecule has 0 bridgehead atoms. The van der Waals surface area contributed by atoms with Gasteiger partial charge in [0.1, 0.15) is 0 Å². The highest BCUT2D eigenvalue weighted by Crippen LogP contribution is 2.27. The Labute approximate surface area is 135 Å². The van der Waals surface area contributed by atoms with Crippen molar-refractivity contribution in [3.63, 3.8) is 0 Å². The SMILES string of the molecule is CCn1ccnc1SCC(=O)Nc1cc([N+](=O)[O-])ccc1Cl. The summed E-state index contributed by atoms with van der Waals surface area (Å²) in [6.45, 7) is 2.75. The van der Waals surface area contributed by atoms with E-state index >= 15 is 0 Å². The second kappa shape index (κ2) is 7.28. The van der Waals surface area contributed by atoms with E-state index in [1.807, 2.05) is 17.7 Å². The molecule has 7 nitrogen and oxygen atoms in total. The van der Waals surface area contributed by atoms with E-state index in [9.17, 15) is 14.9 Å². The van der Waals surface area contributed by atoms with Gasteiger partial charge in [-0.05, 0) is 13.0 Å². The molecule has 1 aromatic heterocycles. The molecule has 1 aromatic carbocycles. The fraction of sp³-hybridized carbons (Fsp3) is 0.231. The number of nitrogens with one attached hydrogen (secondary N) is 1. The summed E-state index contributed by atoms with van der Waals surface area (Å²) in [6, 6.07) is 3.90. The van der Waals surface area contributed by atoms with Crippen LogP contribution in [0.3, 0.4) is 0 Å². The third-order valence-corrected chi connectivity index (χ3v) is 4.12. The lowest BCUT2D eigenvalue weighted by Crippen LogP contribution is -2.15. The van der Waals surface area contributed by atoms with Crippen molar-refractivity contribution in [1.82, 2.24) is 9.55 Å². The summed E-state index contributed by atoms with van der Waals surface area (Å²) in [5, 5.41) is 14.3. The predicted molar refractivity (Wildman–Crippen MR) is 85.4 cm³/mol. The maximum Gasteiger partial charge on any atom is 0.271 e. The minimum atomic E-state index is -0.543. The zero-order valence-corrected chi connectivity index (χ0v) is 13.2. The van der Waals surface area contributed by atoms with Gasteiger partial charge in [0, 0.05) is 31.1 Å². The van der Waals surface area contributed by atoms with Gasteiger partial charge in [-0.25, -0.2) is 4.98 Å². The lowest BCUT2D eigenvalue weighted by atomic mass is 10.3. The number of aryl methyl sites for hydroxylation is 1. The Balaban J connectivity index is 2.00. The number of nitro groups is 1. The molecule has 0 saturated heterocycles. The standard InChI is InChI=1S/C13H13ClN4O3S/c1-2-17-6-5-15-13(17)22-8-12(19)16-11-7-9(18(20)21)3-4-10(11)14/h3-7H,2,8H2,1H3,(H,16,19). The lowest BCUT2D eigenvalue weighted by Gasteiger charge is -2.07. The minimum absolute atomic E-state index is 0.131. The molecule has 0 unspecified atom stereocenters. The molecule has 0 aliphatic carbocycles. The van der Waals surface area contributed by atoms with Gasteiger partial charge in [0.2, 0.25) is 5.91 Å². The Morgan fingerprint density at radius 3 is 3.00 bits per heavy atom. The first-order chi connectivity index (χ1) is 10.5. The van der Waals surface area contributed by atoms with Crippen molar-refractivity contribution in [2.24, 2.45) is 0 Å². The van der Waals surface area contributed by atoms with Crippen LogP contribution in [0.25, 0.3) is 0 Å². The van der Waals surface area contributed by atoms with Gasteiger partial charge in [-0.3, -0.25) is 14.9 Å². The van der Waals surface area contributed by atoms with Crippen molar-refractivity contribution in [3.8, 4) is 0 Å². The van der Waals surface area contributed by atoms with Crippen LogP contribution in [0.15, 0.2) is 35.7 Å². The third-order valence-electron chi connectivity index (χ3n) is 2.79. The van der Waals surface area contributed by atoms with Crippen molar-refractivity contribution in [2.75, 3.05) is 11.1 Å². The number of carbonyl (C=O) groups is 1. The van der Waals surface area contributed by atoms with Crippen molar-refractivity contribution < 1.29 is 9.72 Å². The Kier molecular flexibility index (Phi) is 5.40. The number of nitro benzene ring substituents is 1. The van der Waals surface area contributed by atoms with Crippen LogP contribution in [0.4, 0.5) is 11.4 Å². The van der Waals surface area contributed by atoms with Gasteiger partial charge in [0.25, 0.3) is 5.69 Å². The van der Waals surface area contributed by atoms with Crippen LogP contribution in [0.5, 0.6) is 0 Å². The number of carbonyl (C=O) groups excluding carboxylic acids is 1. The normalized spacial score (nSPS) is 10.5. The molecule has 22 heavy (non-hydrogen) atoms. The number of hydrogen-bond donors (Lipinski definition) is 1. The van der Waals surface area contributed by atoms with E-state index in [-0.39, 0.29) is 28.1 Å². The summed E-state index contributed by atoms with van der Waals surface area (Å²) >= 11 is 7.22. The maximum atomic E-state index is 11.9. The fourth-order valence-electron chi connectivity index (χ4n) is 1.72. The number of nitrogens with zero attached hydrogens (tertiary/aromatic N) is 3.